The number of nitriles is 2. The van der Waals surface area contributed by atoms with Crippen LogP contribution in [0.5, 0.6) is 11.5 Å². The van der Waals surface area contributed by atoms with E-state index in [1.165, 1.54) is 6.08 Å². The Morgan fingerprint density at radius 2 is 1.29 bits per heavy atom. The molecule has 31 heavy (non-hydrogen) atoms. The van der Waals surface area contributed by atoms with Gasteiger partial charge in [-0.15, -0.1) is 0 Å². The van der Waals surface area contributed by atoms with Gasteiger partial charge in [0.2, 0.25) is 0 Å². The van der Waals surface area contributed by atoms with E-state index in [1.807, 2.05) is 60.7 Å². The van der Waals surface area contributed by atoms with Gasteiger partial charge in [0.05, 0.1) is 11.1 Å². The van der Waals surface area contributed by atoms with Gasteiger partial charge >= 0.3 is 0 Å². The number of hydrogen-bond acceptors (Lipinski definition) is 5. The van der Waals surface area contributed by atoms with E-state index in [9.17, 15) is 15.6 Å². The fourth-order valence-corrected chi connectivity index (χ4v) is 3.60. The molecule has 0 saturated heterocycles. The largest absolute Gasteiger partial charge is 0.487 e. The minimum atomic E-state index is -0.188. The van der Waals surface area contributed by atoms with Crippen LogP contribution < -0.4 is 9.47 Å². The number of ether oxygens (including phenoxy) is 2. The van der Waals surface area contributed by atoms with Crippen molar-refractivity contribution in [1.82, 2.24) is 0 Å². The lowest BCUT2D eigenvalue weighted by atomic mass is 10.0. The molecule has 154 valence electrons. The average molecular weight is 475 g/mol. The summed E-state index contributed by atoms with van der Waals surface area (Å²) in [5, 5.41) is 28.9. The molecule has 0 saturated carbocycles. The standard InChI is InChI=1S/C25H19BrN2O3/c26-23-20(12-7-13-29)24(30-16-18-8-3-1-4-9-18)21(14-27)22(15-28)25(23)31-17-19-10-5-2-6-11-19/h1-12,29H,13,16-17H2/b12-7+. The molecule has 0 bridgehead atoms. The lowest BCUT2D eigenvalue weighted by molar-refractivity contribution is 0.293. The first kappa shape index (κ1) is 22.1. The summed E-state index contributed by atoms with van der Waals surface area (Å²) in [5.41, 5.74) is 2.54. The summed E-state index contributed by atoms with van der Waals surface area (Å²) in [7, 11) is 0. The molecule has 0 aliphatic rings. The molecule has 0 fully saturated rings. The van der Waals surface area contributed by atoms with Gasteiger partial charge in [0, 0.05) is 5.56 Å². The molecule has 0 spiro atoms. The van der Waals surface area contributed by atoms with Crippen LogP contribution in [0, 0.1) is 22.7 Å². The number of rotatable bonds is 8. The number of aliphatic hydroxyl groups excluding tert-OH is 1. The number of halogens is 1. The van der Waals surface area contributed by atoms with Crippen LogP contribution in [0.4, 0.5) is 0 Å². The predicted octanol–water partition coefficient (Wildman–Crippen LogP) is 5.36. The number of benzene rings is 3. The van der Waals surface area contributed by atoms with Gasteiger partial charge in [-0.2, -0.15) is 10.5 Å². The molecule has 0 aromatic heterocycles. The van der Waals surface area contributed by atoms with Crippen LogP contribution in [0.1, 0.15) is 27.8 Å². The van der Waals surface area contributed by atoms with Crippen LogP contribution in [0.2, 0.25) is 0 Å². The van der Waals surface area contributed by atoms with E-state index in [0.717, 1.165) is 11.1 Å². The predicted molar refractivity (Wildman–Crippen MR) is 121 cm³/mol. The third-order valence-corrected chi connectivity index (χ3v) is 5.24. The van der Waals surface area contributed by atoms with Crippen molar-refractivity contribution in [3.63, 3.8) is 0 Å². The molecule has 0 heterocycles. The van der Waals surface area contributed by atoms with E-state index < -0.39 is 0 Å². The molecular weight excluding hydrogens is 456 g/mol. The van der Waals surface area contributed by atoms with Crippen molar-refractivity contribution in [3.05, 3.63) is 99.0 Å². The van der Waals surface area contributed by atoms with Crippen molar-refractivity contribution in [3.8, 4) is 23.6 Å². The van der Waals surface area contributed by atoms with Crippen LogP contribution >= 0.6 is 15.9 Å². The van der Waals surface area contributed by atoms with Crippen molar-refractivity contribution in [2.75, 3.05) is 6.61 Å². The number of hydrogen-bond donors (Lipinski definition) is 1. The van der Waals surface area contributed by atoms with Gasteiger partial charge in [0.15, 0.2) is 5.75 Å². The van der Waals surface area contributed by atoms with Gasteiger partial charge in [-0.25, -0.2) is 0 Å². The summed E-state index contributed by atoms with van der Waals surface area (Å²) in [6.07, 6.45) is 3.17. The third-order valence-electron chi connectivity index (χ3n) is 4.45. The Labute approximate surface area is 189 Å². The quantitative estimate of drug-likeness (QED) is 0.474. The molecule has 0 aliphatic heterocycles. The fourth-order valence-electron chi connectivity index (χ4n) is 2.97. The average Bonchev–Trinajstić information content (AvgIpc) is 2.82. The molecule has 0 unspecified atom stereocenters. The van der Waals surface area contributed by atoms with Crippen molar-refractivity contribution in [1.29, 1.82) is 10.5 Å². The zero-order valence-corrected chi connectivity index (χ0v) is 18.2. The van der Waals surface area contributed by atoms with Crippen molar-refractivity contribution >= 4 is 22.0 Å². The fraction of sp³-hybridized carbons (Fsp3) is 0.120. The molecule has 1 N–H and O–H groups in total. The molecule has 3 aromatic carbocycles. The Balaban J connectivity index is 2.07. The molecule has 0 aliphatic carbocycles. The van der Waals surface area contributed by atoms with Crippen LogP contribution in [0.3, 0.4) is 0 Å². The Bertz CT molecular complexity index is 1150. The molecule has 6 heteroatoms. The summed E-state index contributed by atoms with van der Waals surface area (Å²) >= 11 is 3.52. The smallest absolute Gasteiger partial charge is 0.153 e. The van der Waals surface area contributed by atoms with Crippen LogP contribution in [0.25, 0.3) is 6.08 Å². The summed E-state index contributed by atoms with van der Waals surface area (Å²) in [5.74, 6) is 0.513. The molecule has 0 amide bonds. The highest BCUT2D eigenvalue weighted by molar-refractivity contribution is 9.10. The maximum Gasteiger partial charge on any atom is 0.153 e. The second kappa shape index (κ2) is 11.0. The van der Waals surface area contributed by atoms with Crippen molar-refractivity contribution in [2.45, 2.75) is 13.2 Å². The summed E-state index contributed by atoms with van der Waals surface area (Å²) in [4.78, 5) is 0. The van der Waals surface area contributed by atoms with E-state index in [4.69, 9.17) is 9.47 Å². The maximum absolute atomic E-state index is 9.85. The van der Waals surface area contributed by atoms with Gasteiger partial charge in [0.1, 0.15) is 42.2 Å². The highest BCUT2D eigenvalue weighted by atomic mass is 79.9. The topological polar surface area (TPSA) is 86.3 Å². The molecule has 3 rings (SSSR count). The molecule has 0 radical (unpaired) electrons. The monoisotopic (exact) mass is 474 g/mol. The SMILES string of the molecule is N#Cc1c(C#N)c(OCc2ccccc2)c(/C=C/CO)c(Br)c1OCc1ccccc1. The van der Waals surface area contributed by atoms with E-state index in [0.29, 0.717) is 10.0 Å². The highest BCUT2D eigenvalue weighted by Gasteiger charge is 2.24. The second-order valence-electron chi connectivity index (χ2n) is 6.49. The highest BCUT2D eigenvalue weighted by Crippen LogP contribution is 2.43. The summed E-state index contributed by atoms with van der Waals surface area (Å²) in [6.45, 7) is 0.260. The van der Waals surface area contributed by atoms with Crippen LogP contribution in [-0.2, 0) is 13.2 Å². The zero-order valence-electron chi connectivity index (χ0n) is 16.6. The maximum atomic E-state index is 9.85. The molecule has 3 aromatic rings. The van der Waals surface area contributed by atoms with E-state index in [2.05, 4.69) is 28.1 Å². The van der Waals surface area contributed by atoms with Crippen molar-refractivity contribution in [2.24, 2.45) is 0 Å². The molecule has 5 nitrogen and oxygen atoms in total. The van der Waals surface area contributed by atoms with E-state index in [-0.39, 0.29) is 42.4 Å². The minimum Gasteiger partial charge on any atom is -0.487 e. The minimum absolute atomic E-state index is 0.0854. The molecule has 0 atom stereocenters. The first-order valence-corrected chi connectivity index (χ1v) is 10.3. The van der Waals surface area contributed by atoms with Gasteiger partial charge in [-0.05, 0) is 27.1 Å². The Hall–Kier alpha value is -3.58. The van der Waals surface area contributed by atoms with Gasteiger partial charge in [-0.1, -0.05) is 72.8 Å². The normalized spacial score (nSPS) is 10.5. The second-order valence-corrected chi connectivity index (χ2v) is 7.29. The zero-order chi connectivity index (χ0) is 22.1. The van der Waals surface area contributed by atoms with Crippen LogP contribution in [-0.4, -0.2) is 11.7 Å². The lowest BCUT2D eigenvalue weighted by Gasteiger charge is -2.18. The van der Waals surface area contributed by atoms with Gasteiger partial charge < -0.3 is 14.6 Å². The summed E-state index contributed by atoms with van der Waals surface area (Å²) < 4.78 is 12.4. The molecular formula is C25H19BrN2O3. The van der Waals surface area contributed by atoms with Crippen LogP contribution in [0.15, 0.2) is 71.2 Å². The first-order chi connectivity index (χ1) is 15.2. The van der Waals surface area contributed by atoms with E-state index in [1.54, 1.807) is 6.08 Å². The Kier molecular flexibility index (Phi) is 7.84. The summed E-state index contributed by atoms with van der Waals surface area (Å²) in [6, 6.07) is 23.2. The van der Waals surface area contributed by atoms with Gasteiger partial charge in [-0.3, -0.25) is 0 Å². The Morgan fingerprint density at radius 1 is 0.806 bits per heavy atom. The number of nitrogens with zero attached hydrogens (tertiary/aromatic N) is 2. The lowest BCUT2D eigenvalue weighted by Crippen LogP contribution is -2.06. The Morgan fingerprint density at radius 3 is 1.77 bits per heavy atom. The van der Waals surface area contributed by atoms with E-state index >= 15 is 0 Å². The number of aliphatic hydroxyl groups is 1. The third kappa shape index (κ3) is 5.32. The van der Waals surface area contributed by atoms with Crippen molar-refractivity contribution < 1.29 is 14.6 Å². The first-order valence-electron chi connectivity index (χ1n) is 9.50. The van der Waals surface area contributed by atoms with Gasteiger partial charge in [0.25, 0.3) is 0 Å².